The van der Waals surface area contributed by atoms with Crippen molar-refractivity contribution in [1.29, 1.82) is 0 Å². The van der Waals surface area contributed by atoms with Crippen LogP contribution in [0.15, 0.2) is 0 Å². The summed E-state index contributed by atoms with van der Waals surface area (Å²) in [5, 5.41) is 18.7. The first kappa shape index (κ1) is 12.9. The van der Waals surface area contributed by atoms with E-state index in [2.05, 4.69) is 0 Å². The molecule has 4 nitrogen and oxygen atoms in total. The molecule has 5 heteroatoms. The maximum absolute atomic E-state index is 11.4. The summed E-state index contributed by atoms with van der Waals surface area (Å²) in [6, 6.07) is 0. The minimum Gasteiger partial charge on any atom is -0.478 e. The molecule has 0 bridgehead atoms. The summed E-state index contributed by atoms with van der Waals surface area (Å²) in [5.74, 6) is -2.23. The van der Waals surface area contributed by atoms with Crippen LogP contribution in [-0.4, -0.2) is 22.2 Å². The number of carboxylic acid groups (broad SMARTS) is 2. The maximum atomic E-state index is 11.4. The van der Waals surface area contributed by atoms with Crippen LogP contribution in [0.3, 0.4) is 0 Å². The molecule has 1 aromatic carbocycles. The van der Waals surface area contributed by atoms with Crippen LogP contribution in [-0.2, 0) is 0 Å². The zero-order valence-electron chi connectivity index (χ0n) is 10.1. The van der Waals surface area contributed by atoms with Crippen LogP contribution in [0.1, 0.15) is 56.2 Å². The molecule has 0 atom stereocenters. The van der Waals surface area contributed by atoms with Crippen LogP contribution in [0.2, 0.25) is 5.02 Å². The number of halogens is 1. The van der Waals surface area contributed by atoms with Gasteiger partial charge in [-0.15, -0.1) is 0 Å². The fraction of sp³-hybridized carbons (Fsp3) is 0.385. The number of carbonyl (C=O) groups is 2. The van der Waals surface area contributed by atoms with Crippen LogP contribution in [0, 0.1) is 13.8 Å². The Labute approximate surface area is 109 Å². The van der Waals surface area contributed by atoms with E-state index in [-0.39, 0.29) is 22.1 Å². The maximum Gasteiger partial charge on any atom is 0.337 e. The van der Waals surface area contributed by atoms with Crippen molar-refractivity contribution < 1.29 is 19.8 Å². The molecule has 18 heavy (non-hydrogen) atoms. The van der Waals surface area contributed by atoms with Crippen molar-refractivity contribution in [1.82, 2.24) is 0 Å². The van der Waals surface area contributed by atoms with Gasteiger partial charge in [-0.1, -0.05) is 11.6 Å². The Hall–Kier alpha value is -1.55. The highest BCUT2D eigenvalue weighted by atomic mass is 35.5. The molecule has 2 rings (SSSR count). The monoisotopic (exact) mass is 268 g/mol. The summed E-state index contributed by atoms with van der Waals surface area (Å²) in [6.07, 6.45) is 1.64. The summed E-state index contributed by atoms with van der Waals surface area (Å²) >= 11 is 6.07. The van der Waals surface area contributed by atoms with Crippen molar-refractivity contribution in [2.24, 2.45) is 0 Å². The van der Waals surface area contributed by atoms with Gasteiger partial charge in [0, 0.05) is 0 Å². The molecular formula is C13H13ClO4. The van der Waals surface area contributed by atoms with Crippen molar-refractivity contribution in [3.63, 3.8) is 0 Å². The first-order valence-electron chi connectivity index (χ1n) is 5.65. The molecule has 1 saturated carbocycles. The highest BCUT2D eigenvalue weighted by Crippen LogP contribution is 2.46. The first-order valence-corrected chi connectivity index (χ1v) is 6.03. The predicted molar refractivity (Wildman–Crippen MR) is 66.8 cm³/mol. The second kappa shape index (κ2) is 4.28. The Morgan fingerprint density at radius 3 is 1.94 bits per heavy atom. The number of benzene rings is 1. The third kappa shape index (κ3) is 1.86. The average molecular weight is 269 g/mol. The summed E-state index contributed by atoms with van der Waals surface area (Å²) < 4.78 is 0. The zero-order valence-corrected chi connectivity index (χ0v) is 10.8. The summed E-state index contributed by atoms with van der Waals surface area (Å²) in [6.45, 7) is 3.31. The van der Waals surface area contributed by atoms with Gasteiger partial charge in [0.25, 0.3) is 0 Å². The molecule has 0 heterocycles. The Balaban J connectivity index is 2.87. The second-order valence-corrected chi connectivity index (χ2v) is 4.99. The molecule has 0 aliphatic heterocycles. The van der Waals surface area contributed by atoms with Gasteiger partial charge in [0.1, 0.15) is 0 Å². The van der Waals surface area contributed by atoms with E-state index in [1.807, 2.05) is 0 Å². The number of aromatic carboxylic acids is 2. The molecule has 2 N–H and O–H groups in total. The molecule has 0 unspecified atom stereocenters. The molecular weight excluding hydrogens is 256 g/mol. The Morgan fingerprint density at radius 2 is 1.56 bits per heavy atom. The van der Waals surface area contributed by atoms with E-state index in [1.165, 1.54) is 0 Å². The highest BCUT2D eigenvalue weighted by molar-refractivity contribution is 6.35. The lowest BCUT2D eigenvalue weighted by Crippen LogP contribution is -2.14. The number of rotatable bonds is 3. The largest absolute Gasteiger partial charge is 0.478 e. The fourth-order valence-corrected chi connectivity index (χ4v) is 2.57. The molecule has 0 radical (unpaired) electrons. The molecule has 1 aromatic rings. The van der Waals surface area contributed by atoms with Crippen molar-refractivity contribution in [2.45, 2.75) is 32.6 Å². The highest BCUT2D eigenvalue weighted by Gasteiger charge is 2.36. The van der Waals surface area contributed by atoms with Gasteiger partial charge in [-0.05, 0) is 49.3 Å². The van der Waals surface area contributed by atoms with E-state index in [9.17, 15) is 19.8 Å². The lowest BCUT2D eigenvalue weighted by Gasteiger charge is -2.16. The molecule has 1 fully saturated rings. The van der Waals surface area contributed by atoms with E-state index in [1.54, 1.807) is 13.8 Å². The smallest absolute Gasteiger partial charge is 0.337 e. The van der Waals surface area contributed by atoms with Gasteiger partial charge in [-0.2, -0.15) is 0 Å². The van der Waals surface area contributed by atoms with E-state index in [0.29, 0.717) is 16.7 Å². The lowest BCUT2D eigenvalue weighted by molar-refractivity contribution is 0.0694. The first-order chi connectivity index (χ1) is 8.36. The zero-order chi connectivity index (χ0) is 13.6. The second-order valence-electron chi connectivity index (χ2n) is 4.61. The lowest BCUT2D eigenvalue weighted by atomic mass is 9.90. The van der Waals surface area contributed by atoms with Crippen molar-refractivity contribution >= 4 is 23.5 Å². The SMILES string of the molecule is Cc1c(C)c(C(=O)O)c(C2CC2)c(C(=O)O)c1Cl. The molecule has 96 valence electrons. The van der Waals surface area contributed by atoms with Crippen molar-refractivity contribution in [3.8, 4) is 0 Å². The minimum atomic E-state index is -1.16. The van der Waals surface area contributed by atoms with Crippen LogP contribution in [0.25, 0.3) is 0 Å². The molecule has 0 aromatic heterocycles. The van der Waals surface area contributed by atoms with Crippen LogP contribution < -0.4 is 0 Å². The van der Waals surface area contributed by atoms with Gasteiger partial charge in [0.15, 0.2) is 0 Å². The topological polar surface area (TPSA) is 74.6 Å². The predicted octanol–water partition coefficient (Wildman–Crippen LogP) is 3.23. The number of carboxylic acids is 2. The van der Waals surface area contributed by atoms with Gasteiger partial charge in [-0.3, -0.25) is 0 Å². The van der Waals surface area contributed by atoms with E-state index in [4.69, 9.17) is 11.6 Å². The molecule has 1 aliphatic carbocycles. The van der Waals surface area contributed by atoms with E-state index >= 15 is 0 Å². The van der Waals surface area contributed by atoms with Gasteiger partial charge in [0.05, 0.1) is 16.1 Å². The number of hydrogen-bond acceptors (Lipinski definition) is 2. The summed E-state index contributed by atoms with van der Waals surface area (Å²) in [7, 11) is 0. The average Bonchev–Trinajstić information content (AvgIpc) is 3.07. The Morgan fingerprint density at radius 1 is 1.06 bits per heavy atom. The summed E-state index contributed by atoms with van der Waals surface area (Å²) in [5.41, 5.74) is 1.54. The fourth-order valence-electron chi connectivity index (χ4n) is 2.25. The van der Waals surface area contributed by atoms with E-state index < -0.39 is 11.9 Å². The summed E-state index contributed by atoms with van der Waals surface area (Å²) in [4.78, 5) is 22.7. The van der Waals surface area contributed by atoms with Crippen molar-refractivity contribution in [2.75, 3.05) is 0 Å². The van der Waals surface area contributed by atoms with Crippen LogP contribution in [0.5, 0.6) is 0 Å². The Bertz CT molecular complexity index is 518. The third-order valence-corrected chi connectivity index (χ3v) is 3.91. The normalized spacial score (nSPS) is 14.6. The minimum absolute atomic E-state index is 0.0130. The molecule has 0 spiro atoms. The molecule has 1 aliphatic rings. The van der Waals surface area contributed by atoms with Gasteiger partial charge >= 0.3 is 11.9 Å². The third-order valence-electron chi connectivity index (χ3n) is 3.44. The molecule has 0 saturated heterocycles. The van der Waals surface area contributed by atoms with Crippen molar-refractivity contribution in [3.05, 3.63) is 32.8 Å². The van der Waals surface area contributed by atoms with E-state index in [0.717, 1.165) is 12.8 Å². The molecule has 0 amide bonds. The standard InChI is InChI=1S/C13H13ClO4/c1-5-6(2)11(14)10(13(17)18)9(7-3-4-7)8(5)12(15)16/h7H,3-4H2,1-2H3,(H,15,16)(H,17,18). The quantitative estimate of drug-likeness (QED) is 0.882. The van der Waals surface area contributed by atoms with Gasteiger partial charge < -0.3 is 10.2 Å². The van der Waals surface area contributed by atoms with Gasteiger partial charge in [-0.25, -0.2) is 9.59 Å². The Kier molecular flexibility index (Phi) is 3.07. The van der Waals surface area contributed by atoms with Crippen LogP contribution in [0.4, 0.5) is 0 Å². The van der Waals surface area contributed by atoms with Gasteiger partial charge in [0.2, 0.25) is 0 Å². The number of hydrogen-bond donors (Lipinski definition) is 2. The van der Waals surface area contributed by atoms with Crippen LogP contribution >= 0.6 is 11.6 Å².